The van der Waals surface area contributed by atoms with E-state index in [4.69, 9.17) is 10.2 Å². The van der Waals surface area contributed by atoms with E-state index in [2.05, 4.69) is 118 Å². The van der Waals surface area contributed by atoms with E-state index in [-0.39, 0.29) is 52.1 Å². The van der Waals surface area contributed by atoms with Gasteiger partial charge in [0.1, 0.15) is 41.2 Å². The molecule has 0 heterocycles. The van der Waals surface area contributed by atoms with Gasteiger partial charge >= 0.3 is 101 Å². The minimum atomic E-state index is 0. The van der Waals surface area contributed by atoms with Gasteiger partial charge in [0.15, 0.2) is 6.29 Å². The first-order valence-electron chi connectivity index (χ1n) is 26.9. The molecule has 0 fully saturated rings. The van der Waals surface area contributed by atoms with E-state index >= 15 is 0 Å². The van der Waals surface area contributed by atoms with E-state index in [0.29, 0.717) is 86.5 Å². The number of nitrogens with zero attached hydrogens (tertiary/aromatic N) is 2. The Morgan fingerprint density at radius 1 is 0.405 bits per heavy atom. The average molecular weight is 1850 g/mol. The van der Waals surface area contributed by atoms with Crippen LogP contribution in [0.4, 0.5) is 0 Å². The summed E-state index contributed by atoms with van der Waals surface area (Å²) in [5, 5.41) is 62.6. The molecule has 6 rings (SSSR count). The maximum Gasteiger partial charge on any atom is 0.153 e. The Balaban J connectivity index is -0.0000000843. The number of aliphatic imine (C=N–C) groups is 2. The maximum absolute atomic E-state index is 10.1. The van der Waals surface area contributed by atoms with Crippen LogP contribution in [0.5, 0.6) is 34.5 Å². The molecule has 0 aromatic heterocycles. The number of phenols is 6. The van der Waals surface area contributed by atoms with Gasteiger partial charge in [-0.25, -0.2) is 0 Å². The number of nitrogens with one attached hydrogen (secondary N) is 2. The number of para-hydroxylation sites is 6. The first-order chi connectivity index (χ1) is 39.9. The monoisotopic (exact) mass is 1850 g/mol. The van der Waals surface area contributed by atoms with Crippen molar-refractivity contribution in [1.29, 1.82) is 0 Å². The molecule has 6 aromatic carbocycles. The Labute approximate surface area is 570 Å². The van der Waals surface area contributed by atoms with Crippen LogP contribution in [0.2, 0.25) is 0 Å². The third-order valence-corrected chi connectivity index (χ3v) is 7.80. The van der Waals surface area contributed by atoms with E-state index in [0.717, 1.165) is 23.1 Å². The smallest absolute Gasteiger partial charge is 0.153 e. The molecule has 0 unspecified atom stereocenters. The van der Waals surface area contributed by atoms with Crippen LogP contribution >= 0.6 is 74.5 Å². The van der Waals surface area contributed by atoms with Crippen molar-refractivity contribution in [2.45, 2.75) is 138 Å². The molecule has 6 aromatic rings. The standard InChI is InChI=1S/C15H18N2O2.C15H14N2O2.C8H10O.C7H6O2.7C2H6.2CH6N2.2CH4.2I3/c2*18-14-7-3-1-5-12(14)9-16-11-17-10-13-6-2-4-8-15(13)19;1-2-7-5-3-4-6-8(7)9;8-5-6-3-1-2-4-7(6)9;7*1-2;2*2-1-3;;;2*1-3-2/h1-8,16-19H,9-11H2;1-10,18-19H,11H2;3-6,9H,2H2,1H3;1-5,9H;7*1-2H3;2*1-3H2;2*1H4;;/q;;;;;;;;;;;;;;;2*-1. The van der Waals surface area contributed by atoms with Gasteiger partial charge < -0.3 is 64.2 Å². The number of benzene rings is 6. The van der Waals surface area contributed by atoms with Gasteiger partial charge in [-0.05, 0) is 66.6 Å². The molecule has 15 nitrogen and oxygen atoms in total. The quantitative estimate of drug-likeness (QED) is 0.0179. The summed E-state index contributed by atoms with van der Waals surface area (Å²) in [4.78, 5) is 18.2. The van der Waals surface area contributed by atoms with Gasteiger partial charge in [-0.2, -0.15) is 0 Å². The molecule has 488 valence electrons. The largest absolute Gasteiger partial charge is 0.508 e. The molecule has 0 saturated carbocycles. The van der Waals surface area contributed by atoms with Crippen molar-refractivity contribution in [2.75, 3.05) is 26.7 Å². The molecule has 0 saturated heterocycles. The summed E-state index contributed by atoms with van der Waals surface area (Å²) in [5.41, 5.74) is 22.9. The summed E-state index contributed by atoms with van der Waals surface area (Å²) in [6, 6.07) is 42.2. The van der Waals surface area contributed by atoms with Crippen molar-refractivity contribution < 1.29 is 61.9 Å². The number of aldehydes is 1. The molecule has 0 aliphatic rings. The molecule has 0 bridgehead atoms. The van der Waals surface area contributed by atoms with Crippen LogP contribution < -0.4 is 60.1 Å². The van der Waals surface area contributed by atoms with Crippen molar-refractivity contribution in [2.24, 2.45) is 32.9 Å². The second-order valence-electron chi connectivity index (χ2n) is 12.4. The predicted octanol–water partition coefficient (Wildman–Crippen LogP) is 11.4. The zero-order chi connectivity index (χ0) is 65.2. The first kappa shape index (κ1) is 106. The molecule has 21 heteroatoms. The fourth-order valence-electron chi connectivity index (χ4n) is 4.72. The summed E-state index contributed by atoms with van der Waals surface area (Å²) in [7, 11) is 0. The number of phenolic OH excluding ortho intramolecular Hbond substituents is 6. The molecule has 0 radical (unpaired) electrons. The molecule has 0 atom stereocenters. The Morgan fingerprint density at radius 3 is 0.821 bits per heavy atom. The van der Waals surface area contributed by atoms with Gasteiger partial charge in [0.2, 0.25) is 0 Å². The molecular weight excluding hydrogens is 1740 g/mol. The van der Waals surface area contributed by atoms with Gasteiger partial charge in [-0.3, -0.25) is 14.8 Å². The van der Waals surface area contributed by atoms with Crippen molar-refractivity contribution in [3.05, 3.63) is 179 Å². The summed E-state index contributed by atoms with van der Waals surface area (Å²) in [6.45, 7) is 32.6. The Morgan fingerprint density at radius 2 is 0.619 bits per heavy atom. The number of hydrogen-bond acceptors (Lipinski definition) is 15. The Bertz CT molecular complexity index is 2130. The predicted molar refractivity (Wildman–Crippen MR) is 397 cm³/mol. The number of aryl methyl sites for hydroxylation is 1. The summed E-state index contributed by atoms with van der Waals surface area (Å²) >= 11 is 10.6. The second kappa shape index (κ2) is 94.0. The van der Waals surface area contributed by atoms with Crippen LogP contribution in [0.15, 0.2) is 156 Å². The van der Waals surface area contributed by atoms with Gasteiger partial charge in [-0.1, -0.05) is 210 Å². The normalized spacial score (nSPS) is 8.37. The summed E-state index contributed by atoms with van der Waals surface area (Å²) in [5.74, 6) is 1.42. The first-order valence-corrected chi connectivity index (χ1v) is 52.1. The van der Waals surface area contributed by atoms with Crippen LogP contribution in [0.25, 0.3) is 0 Å². The molecule has 16 N–H and O–H groups in total. The van der Waals surface area contributed by atoms with Crippen molar-refractivity contribution in [3.63, 3.8) is 0 Å². The molecular formula is C63H110I6N8O7-2. The van der Waals surface area contributed by atoms with E-state index in [1.54, 1.807) is 97.4 Å². The average Bonchev–Trinajstić information content (AvgIpc) is 3.53. The summed E-state index contributed by atoms with van der Waals surface area (Å²) < 4.78 is 0. The summed E-state index contributed by atoms with van der Waals surface area (Å²) in [6.07, 6.45) is 4.65. The number of nitrogens with two attached hydrogens (primary N) is 4. The van der Waals surface area contributed by atoms with Crippen molar-refractivity contribution in [1.82, 2.24) is 10.6 Å². The van der Waals surface area contributed by atoms with Gasteiger partial charge in [0, 0.05) is 67.8 Å². The van der Waals surface area contributed by atoms with Crippen molar-refractivity contribution >= 4 is 93.2 Å². The van der Waals surface area contributed by atoms with Crippen molar-refractivity contribution in [3.8, 4) is 34.5 Å². The van der Waals surface area contributed by atoms with Gasteiger partial charge in [0.25, 0.3) is 0 Å². The number of rotatable bonds is 12. The fraction of sp³-hybridized carbons (Fsp3) is 0.381. The van der Waals surface area contributed by atoms with Crippen LogP contribution in [-0.4, -0.2) is 76.0 Å². The van der Waals surface area contributed by atoms with E-state index in [1.165, 1.54) is 6.07 Å². The van der Waals surface area contributed by atoms with E-state index in [9.17, 15) is 25.2 Å². The van der Waals surface area contributed by atoms with E-state index < -0.39 is 0 Å². The number of carbonyl (C=O) groups is 1. The molecule has 0 aliphatic carbocycles. The van der Waals surface area contributed by atoms with E-state index in [1.807, 2.05) is 158 Å². The number of hydrogen-bond donors (Lipinski definition) is 12. The topological polar surface area (TPSA) is 291 Å². The van der Waals surface area contributed by atoms with Crippen LogP contribution in [0.1, 0.15) is 157 Å². The zero-order valence-corrected chi connectivity index (χ0v) is 64.0. The number of aromatic hydroxyl groups is 6. The number of halogens is 6. The van der Waals surface area contributed by atoms with Crippen LogP contribution in [0, 0.1) is 0 Å². The van der Waals surface area contributed by atoms with Crippen LogP contribution in [0.3, 0.4) is 0 Å². The second-order valence-corrected chi connectivity index (χ2v) is 44.9. The Kier molecular flexibility index (Phi) is 119. The molecule has 0 spiro atoms. The molecule has 0 aliphatic heterocycles. The Hall–Kier alpha value is -2.73. The van der Waals surface area contributed by atoms with Gasteiger partial charge in [0.05, 0.1) is 5.56 Å². The minimum absolute atomic E-state index is 0. The maximum atomic E-state index is 10.1. The minimum Gasteiger partial charge on any atom is -0.508 e. The van der Waals surface area contributed by atoms with Gasteiger partial charge in [-0.15, -0.1) is 0 Å². The zero-order valence-electron chi connectivity index (χ0n) is 51.1. The molecule has 84 heavy (non-hydrogen) atoms. The SMILES string of the molecule is C.C.CC.CC.CC.CC.CC.CC.CC.CCc1ccccc1O.I[I-]I.I[I-]I.NCN.NCN.O=Cc1ccccc1O.Oc1ccccc1C=NCN=Cc1ccccc1O.Oc1ccccc1CNCNCc1ccccc1O. The fourth-order valence-corrected chi connectivity index (χ4v) is 4.72. The third-order valence-electron chi connectivity index (χ3n) is 7.80. The number of carbonyl (C=O) groups excluding carboxylic acids is 1. The molecule has 0 amide bonds. The third kappa shape index (κ3) is 70.0. The van der Waals surface area contributed by atoms with Crippen LogP contribution in [-0.2, 0) is 19.5 Å².